The first-order chi connectivity index (χ1) is 4.24. The summed E-state index contributed by atoms with van der Waals surface area (Å²) in [4.78, 5) is 2.74. The van der Waals surface area contributed by atoms with E-state index in [0.29, 0.717) is 0 Å². The maximum atomic E-state index is 5.33. The lowest BCUT2D eigenvalue weighted by Crippen LogP contribution is -1.76. The summed E-state index contributed by atoms with van der Waals surface area (Å²) in [5.74, 6) is 0. The van der Waals surface area contributed by atoms with E-state index in [-0.39, 0.29) is 0 Å². The van der Waals surface area contributed by atoms with Gasteiger partial charge in [0, 0.05) is 6.20 Å². The molecule has 0 aromatic rings. The van der Waals surface area contributed by atoms with Gasteiger partial charge in [0.25, 0.3) is 0 Å². The van der Waals surface area contributed by atoms with Gasteiger partial charge in [0.1, 0.15) is 0 Å². The molecule has 0 unspecified atom stereocenters. The van der Waals surface area contributed by atoms with E-state index in [4.69, 9.17) is 5.73 Å². The van der Waals surface area contributed by atoms with Gasteiger partial charge < -0.3 is 5.73 Å². The van der Waals surface area contributed by atoms with Crippen LogP contribution in [0.25, 0.3) is 0 Å². The third-order valence-electron chi connectivity index (χ3n) is 1.14. The standard InChI is InChI=1S/C6H9NS2/c1-4-5(2)9-6(3-7)8-4/h3H,7H2,1-2H3. The molecule has 0 atom stereocenters. The third-order valence-corrected chi connectivity index (χ3v) is 3.67. The predicted molar refractivity (Wildman–Crippen MR) is 45.8 cm³/mol. The number of nitrogens with two attached hydrogens (primary N) is 1. The Kier molecular flexibility index (Phi) is 2.13. The highest BCUT2D eigenvalue weighted by molar-refractivity contribution is 8.28. The Morgan fingerprint density at radius 3 is 1.89 bits per heavy atom. The summed E-state index contributed by atoms with van der Waals surface area (Å²) in [5.41, 5.74) is 5.33. The molecule has 2 N–H and O–H groups in total. The molecule has 0 aromatic heterocycles. The highest BCUT2D eigenvalue weighted by Crippen LogP contribution is 2.47. The SMILES string of the molecule is CC1=C(C)SC(=CN)S1. The molecule has 0 fully saturated rings. The van der Waals surface area contributed by atoms with E-state index in [0.717, 1.165) is 0 Å². The molecule has 9 heavy (non-hydrogen) atoms. The largest absolute Gasteiger partial charge is 0.403 e. The van der Waals surface area contributed by atoms with E-state index in [1.165, 1.54) is 14.0 Å². The summed E-state index contributed by atoms with van der Waals surface area (Å²) in [6, 6.07) is 0. The number of hydrogen-bond acceptors (Lipinski definition) is 3. The van der Waals surface area contributed by atoms with E-state index >= 15 is 0 Å². The zero-order valence-corrected chi connectivity index (χ0v) is 7.10. The quantitative estimate of drug-likeness (QED) is 0.588. The van der Waals surface area contributed by atoms with Crippen LogP contribution in [-0.2, 0) is 0 Å². The molecule has 0 radical (unpaired) electrons. The first-order valence-corrected chi connectivity index (χ1v) is 4.32. The lowest BCUT2D eigenvalue weighted by atomic mass is 10.6. The van der Waals surface area contributed by atoms with Crippen LogP contribution >= 0.6 is 23.5 Å². The van der Waals surface area contributed by atoms with Gasteiger partial charge in [-0.1, -0.05) is 23.5 Å². The summed E-state index contributed by atoms with van der Waals surface area (Å²) < 4.78 is 1.20. The van der Waals surface area contributed by atoms with E-state index in [1.807, 2.05) is 0 Å². The number of rotatable bonds is 0. The van der Waals surface area contributed by atoms with Crippen molar-refractivity contribution in [1.29, 1.82) is 0 Å². The zero-order chi connectivity index (χ0) is 6.85. The van der Waals surface area contributed by atoms with Crippen molar-refractivity contribution in [1.82, 2.24) is 0 Å². The van der Waals surface area contributed by atoms with Crippen molar-refractivity contribution in [3.8, 4) is 0 Å². The maximum Gasteiger partial charge on any atom is 0.0647 e. The third kappa shape index (κ3) is 1.46. The van der Waals surface area contributed by atoms with Crippen molar-refractivity contribution in [3.63, 3.8) is 0 Å². The minimum atomic E-state index is 1.20. The molecule has 1 aliphatic rings. The molecular formula is C6H9NS2. The van der Waals surface area contributed by atoms with E-state index in [1.54, 1.807) is 29.7 Å². The van der Waals surface area contributed by atoms with Crippen LogP contribution in [0, 0.1) is 0 Å². The van der Waals surface area contributed by atoms with Gasteiger partial charge in [-0.05, 0) is 23.7 Å². The van der Waals surface area contributed by atoms with Gasteiger partial charge >= 0.3 is 0 Å². The van der Waals surface area contributed by atoms with Crippen LogP contribution in [-0.4, -0.2) is 0 Å². The number of allylic oxidation sites excluding steroid dienone is 2. The van der Waals surface area contributed by atoms with Crippen LogP contribution in [0.3, 0.4) is 0 Å². The predicted octanol–water partition coefficient (Wildman–Crippen LogP) is 2.48. The molecule has 0 aromatic carbocycles. The Balaban J connectivity index is 2.70. The van der Waals surface area contributed by atoms with Gasteiger partial charge in [0.15, 0.2) is 0 Å². The Labute approximate surface area is 63.8 Å². The lowest BCUT2D eigenvalue weighted by Gasteiger charge is -1.88. The van der Waals surface area contributed by atoms with Crippen molar-refractivity contribution in [3.05, 3.63) is 20.2 Å². The van der Waals surface area contributed by atoms with Crippen LogP contribution in [0.1, 0.15) is 13.8 Å². The summed E-state index contributed by atoms with van der Waals surface area (Å²) in [6.07, 6.45) is 1.66. The number of hydrogen-bond donors (Lipinski definition) is 1. The summed E-state index contributed by atoms with van der Waals surface area (Å²) in [5, 5.41) is 0. The van der Waals surface area contributed by atoms with Crippen LogP contribution < -0.4 is 5.73 Å². The number of thioether (sulfide) groups is 2. The molecule has 1 rings (SSSR count). The molecule has 0 saturated heterocycles. The average molecular weight is 159 g/mol. The summed E-state index contributed by atoms with van der Waals surface area (Å²) in [6.45, 7) is 4.23. The molecule has 0 saturated carbocycles. The molecule has 1 nitrogen and oxygen atoms in total. The van der Waals surface area contributed by atoms with Crippen molar-refractivity contribution in [2.45, 2.75) is 13.8 Å². The van der Waals surface area contributed by atoms with Gasteiger partial charge in [0.2, 0.25) is 0 Å². The molecular weight excluding hydrogens is 150 g/mol. The topological polar surface area (TPSA) is 26.0 Å². The molecule has 0 amide bonds. The second-order valence-electron chi connectivity index (χ2n) is 1.80. The molecule has 0 bridgehead atoms. The minimum absolute atomic E-state index is 1.20. The minimum Gasteiger partial charge on any atom is -0.403 e. The van der Waals surface area contributed by atoms with E-state index in [2.05, 4.69) is 13.8 Å². The van der Waals surface area contributed by atoms with Gasteiger partial charge in [-0.25, -0.2) is 0 Å². The summed E-state index contributed by atoms with van der Waals surface area (Å²) in [7, 11) is 0. The fraction of sp³-hybridized carbons (Fsp3) is 0.333. The second-order valence-corrected chi connectivity index (χ2v) is 4.57. The van der Waals surface area contributed by atoms with Gasteiger partial charge in [-0.3, -0.25) is 0 Å². The molecule has 1 aliphatic heterocycles. The fourth-order valence-corrected chi connectivity index (χ4v) is 2.73. The fourth-order valence-electron chi connectivity index (χ4n) is 0.534. The lowest BCUT2D eigenvalue weighted by molar-refractivity contribution is 1.57. The Hall–Kier alpha value is -0.0200. The highest BCUT2D eigenvalue weighted by atomic mass is 32.2. The Morgan fingerprint density at radius 1 is 1.22 bits per heavy atom. The maximum absolute atomic E-state index is 5.33. The first kappa shape index (κ1) is 7.09. The van der Waals surface area contributed by atoms with Crippen molar-refractivity contribution >= 4 is 23.5 Å². The molecule has 3 heteroatoms. The Morgan fingerprint density at radius 2 is 1.67 bits per heavy atom. The van der Waals surface area contributed by atoms with Gasteiger partial charge in [0.05, 0.1) is 4.24 Å². The first-order valence-electron chi connectivity index (χ1n) is 2.69. The normalized spacial score (nSPS) is 19.1. The molecule has 0 aliphatic carbocycles. The van der Waals surface area contributed by atoms with Crippen LogP contribution in [0.15, 0.2) is 20.2 Å². The average Bonchev–Trinajstić information content (AvgIpc) is 2.13. The molecule has 1 heterocycles. The van der Waals surface area contributed by atoms with E-state index in [9.17, 15) is 0 Å². The van der Waals surface area contributed by atoms with Crippen molar-refractivity contribution in [2.75, 3.05) is 0 Å². The van der Waals surface area contributed by atoms with Crippen molar-refractivity contribution in [2.24, 2.45) is 5.73 Å². The van der Waals surface area contributed by atoms with Crippen LogP contribution in [0.4, 0.5) is 0 Å². The van der Waals surface area contributed by atoms with Gasteiger partial charge in [-0.15, -0.1) is 0 Å². The molecule has 0 spiro atoms. The van der Waals surface area contributed by atoms with E-state index < -0.39 is 0 Å². The monoisotopic (exact) mass is 159 g/mol. The second kappa shape index (κ2) is 2.71. The highest BCUT2D eigenvalue weighted by Gasteiger charge is 2.12. The van der Waals surface area contributed by atoms with Crippen LogP contribution in [0.5, 0.6) is 0 Å². The van der Waals surface area contributed by atoms with Gasteiger partial charge in [-0.2, -0.15) is 0 Å². The zero-order valence-electron chi connectivity index (χ0n) is 5.47. The smallest absolute Gasteiger partial charge is 0.0647 e. The Bertz CT molecular complexity index is 165. The summed E-state index contributed by atoms with van der Waals surface area (Å²) >= 11 is 3.50. The van der Waals surface area contributed by atoms with Crippen LogP contribution in [0.2, 0.25) is 0 Å². The molecule has 50 valence electrons. The van der Waals surface area contributed by atoms with Crippen molar-refractivity contribution < 1.29 is 0 Å².